The van der Waals surface area contributed by atoms with Gasteiger partial charge in [-0.1, -0.05) is 11.5 Å². The average Bonchev–Trinajstić information content (AvgIpc) is 3.08. The van der Waals surface area contributed by atoms with Crippen LogP contribution in [0.5, 0.6) is 5.75 Å². The van der Waals surface area contributed by atoms with Crippen molar-refractivity contribution in [3.05, 3.63) is 46.1 Å². The molecule has 0 bridgehead atoms. The summed E-state index contributed by atoms with van der Waals surface area (Å²) in [5.74, 6) is -0.0630. The monoisotopic (exact) mass is 330 g/mol. The van der Waals surface area contributed by atoms with Gasteiger partial charge in [0.2, 0.25) is 0 Å². The first-order valence-corrected chi connectivity index (χ1v) is 7.90. The van der Waals surface area contributed by atoms with Crippen molar-refractivity contribution in [1.82, 2.24) is 10.2 Å². The summed E-state index contributed by atoms with van der Waals surface area (Å²) in [5, 5.41) is 19.0. The second-order valence-electron chi connectivity index (χ2n) is 5.75. The number of H-pyrrole nitrogens is 1. The number of carbonyl (C=O) groups is 1. The van der Waals surface area contributed by atoms with Gasteiger partial charge >= 0.3 is 5.82 Å². The summed E-state index contributed by atoms with van der Waals surface area (Å²) in [6, 6.07) is 8.17. The molecule has 0 radical (unpaired) electrons. The highest BCUT2D eigenvalue weighted by Gasteiger charge is 2.17. The van der Waals surface area contributed by atoms with Crippen LogP contribution in [0, 0.1) is 10.1 Å². The number of anilines is 1. The van der Waals surface area contributed by atoms with Crippen molar-refractivity contribution in [3.8, 4) is 5.75 Å². The molecule has 1 heterocycles. The Labute approximate surface area is 138 Å². The van der Waals surface area contributed by atoms with Crippen LogP contribution in [0.15, 0.2) is 30.3 Å². The molecule has 1 fully saturated rings. The molecule has 0 atom stereocenters. The number of ether oxygens (including phenoxy) is 1. The lowest BCUT2D eigenvalue weighted by Gasteiger charge is -2.23. The molecule has 2 aromatic rings. The smallest absolute Gasteiger partial charge is 0.343 e. The number of nitrogens with one attached hydrogen (secondary N) is 2. The Balaban J connectivity index is 1.58. The lowest BCUT2D eigenvalue weighted by Crippen LogP contribution is -2.19. The second-order valence-corrected chi connectivity index (χ2v) is 5.75. The van der Waals surface area contributed by atoms with E-state index in [1.54, 1.807) is 24.3 Å². The number of aromatic amines is 1. The van der Waals surface area contributed by atoms with E-state index in [9.17, 15) is 14.9 Å². The highest BCUT2D eigenvalue weighted by Crippen LogP contribution is 2.24. The largest absolute Gasteiger partial charge is 0.490 e. The summed E-state index contributed by atoms with van der Waals surface area (Å²) >= 11 is 0. The molecule has 0 spiro atoms. The standard InChI is InChI=1S/C16H18N4O4/c21-16(14-10-15(19-18-14)20(22)23)17-11-6-8-13(9-7-11)24-12-4-2-1-3-5-12/h6-10,12H,1-5H2,(H,17,21)(H,18,19). The molecule has 8 nitrogen and oxygen atoms in total. The minimum absolute atomic E-state index is 0.0377. The number of hydrogen-bond acceptors (Lipinski definition) is 5. The highest BCUT2D eigenvalue weighted by molar-refractivity contribution is 6.03. The van der Waals surface area contributed by atoms with Crippen molar-refractivity contribution in [2.45, 2.75) is 38.2 Å². The van der Waals surface area contributed by atoms with Gasteiger partial charge in [-0.05, 0) is 54.9 Å². The predicted octanol–water partition coefficient (Wildman–Crippen LogP) is 3.28. The number of benzene rings is 1. The van der Waals surface area contributed by atoms with Crippen LogP contribution in [0.4, 0.5) is 11.5 Å². The first-order chi connectivity index (χ1) is 11.6. The van der Waals surface area contributed by atoms with Crippen LogP contribution in [0.2, 0.25) is 0 Å². The normalized spacial score (nSPS) is 15.0. The summed E-state index contributed by atoms with van der Waals surface area (Å²) in [5.41, 5.74) is 0.533. The van der Waals surface area contributed by atoms with Crippen molar-refractivity contribution in [3.63, 3.8) is 0 Å². The molecule has 3 rings (SSSR count). The van der Waals surface area contributed by atoms with Gasteiger partial charge in [0.1, 0.15) is 5.75 Å². The molecule has 0 aliphatic heterocycles. The van der Waals surface area contributed by atoms with E-state index in [-0.39, 0.29) is 17.6 Å². The molecule has 1 saturated carbocycles. The Morgan fingerprint density at radius 3 is 2.58 bits per heavy atom. The van der Waals surface area contributed by atoms with E-state index in [1.807, 2.05) is 0 Å². The van der Waals surface area contributed by atoms with Gasteiger partial charge in [0.25, 0.3) is 5.91 Å². The third kappa shape index (κ3) is 3.89. The minimum Gasteiger partial charge on any atom is -0.490 e. The van der Waals surface area contributed by atoms with Crippen molar-refractivity contribution < 1.29 is 14.5 Å². The number of hydrogen-bond donors (Lipinski definition) is 2. The molecular formula is C16H18N4O4. The molecule has 8 heteroatoms. The SMILES string of the molecule is O=C(Nc1ccc(OC2CCCCC2)cc1)c1cc([N+](=O)[O-])[nH]n1. The summed E-state index contributed by atoms with van der Waals surface area (Å²) in [6.45, 7) is 0. The van der Waals surface area contributed by atoms with Gasteiger partial charge in [-0.25, -0.2) is 0 Å². The van der Waals surface area contributed by atoms with Crippen molar-refractivity contribution in [2.75, 3.05) is 5.32 Å². The van der Waals surface area contributed by atoms with Gasteiger partial charge in [0.05, 0.1) is 12.2 Å². The summed E-state index contributed by atoms with van der Waals surface area (Å²) < 4.78 is 5.92. The lowest BCUT2D eigenvalue weighted by molar-refractivity contribution is -0.389. The number of rotatable bonds is 5. The van der Waals surface area contributed by atoms with Crippen LogP contribution in [-0.4, -0.2) is 27.1 Å². The Kier molecular flexibility index (Phi) is 4.74. The van der Waals surface area contributed by atoms with Crippen LogP contribution in [0.1, 0.15) is 42.6 Å². The number of amides is 1. The first kappa shape index (κ1) is 16.0. The topological polar surface area (TPSA) is 110 Å². The van der Waals surface area contributed by atoms with Crippen LogP contribution in [0.3, 0.4) is 0 Å². The highest BCUT2D eigenvalue weighted by atomic mass is 16.6. The lowest BCUT2D eigenvalue weighted by atomic mass is 9.98. The predicted molar refractivity (Wildman–Crippen MR) is 87.1 cm³/mol. The van der Waals surface area contributed by atoms with Crippen molar-refractivity contribution in [1.29, 1.82) is 0 Å². The Bertz CT molecular complexity index is 720. The van der Waals surface area contributed by atoms with E-state index < -0.39 is 10.8 Å². The average molecular weight is 330 g/mol. The van der Waals surface area contributed by atoms with Gasteiger partial charge in [-0.3, -0.25) is 4.79 Å². The van der Waals surface area contributed by atoms with E-state index in [1.165, 1.54) is 19.3 Å². The fraction of sp³-hybridized carbons (Fsp3) is 0.375. The van der Waals surface area contributed by atoms with E-state index in [2.05, 4.69) is 15.5 Å². The molecule has 126 valence electrons. The zero-order valence-corrected chi connectivity index (χ0v) is 13.0. The molecule has 24 heavy (non-hydrogen) atoms. The van der Waals surface area contributed by atoms with E-state index in [0.29, 0.717) is 5.69 Å². The van der Waals surface area contributed by atoms with E-state index >= 15 is 0 Å². The molecule has 1 aromatic heterocycles. The maximum atomic E-state index is 12.0. The Hall–Kier alpha value is -2.90. The number of nitrogens with zero attached hydrogens (tertiary/aromatic N) is 2. The third-order valence-corrected chi connectivity index (χ3v) is 3.96. The quantitative estimate of drug-likeness (QED) is 0.645. The molecule has 1 aliphatic rings. The van der Waals surface area contributed by atoms with Gasteiger partial charge in [-0.2, -0.15) is 0 Å². The summed E-state index contributed by atoms with van der Waals surface area (Å²) in [6.07, 6.45) is 6.11. The van der Waals surface area contributed by atoms with Crippen molar-refractivity contribution >= 4 is 17.4 Å². The van der Waals surface area contributed by atoms with Crippen LogP contribution in [0.25, 0.3) is 0 Å². The minimum atomic E-state index is -0.638. The molecule has 1 aromatic carbocycles. The Morgan fingerprint density at radius 2 is 1.96 bits per heavy atom. The van der Waals surface area contributed by atoms with Crippen LogP contribution < -0.4 is 10.1 Å². The van der Waals surface area contributed by atoms with Gasteiger partial charge in [0, 0.05) is 5.69 Å². The molecule has 0 unspecified atom stereocenters. The zero-order valence-electron chi connectivity index (χ0n) is 13.0. The van der Waals surface area contributed by atoms with Gasteiger partial charge in [0.15, 0.2) is 5.69 Å². The second kappa shape index (κ2) is 7.12. The maximum Gasteiger partial charge on any atom is 0.343 e. The molecule has 1 amide bonds. The van der Waals surface area contributed by atoms with E-state index in [4.69, 9.17) is 4.74 Å². The Morgan fingerprint density at radius 1 is 1.25 bits per heavy atom. The van der Waals surface area contributed by atoms with Gasteiger partial charge < -0.3 is 20.2 Å². The molecule has 0 saturated heterocycles. The molecule has 1 aliphatic carbocycles. The first-order valence-electron chi connectivity index (χ1n) is 7.90. The molecule has 2 N–H and O–H groups in total. The maximum absolute atomic E-state index is 12.0. The molecular weight excluding hydrogens is 312 g/mol. The third-order valence-electron chi connectivity index (χ3n) is 3.96. The number of aromatic nitrogens is 2. The number of nitro groups is 1. The van der Waals surface area contributed by atoms with Crippen LogP contribution >= 0.6 is 0 Å². The van der Waals surface area contributed by atoms with Crippen molar-refractivity contribution in [2.24, 2.45) is 0 Å². The zero-order chi connectivity index (χ0) is 16.9. The fourth-order valence-corrected chi connectivity index (χ4v) is 2.71. The van der Waals surface area contributed by atoms with E-state index in [0.717, 1.165) is 24.7 Å². The fourth-order valence-electron chi connectivity index (χ4n) is 2.71. The summed E-state index contributed by atoms with van der Waals surface area (Å²) in [4.78, 5) is 22.0. The number of carbonyl (C=O) groups excluding carboxylic acids is 1. The summed E-state index contributed by atoms with van der Waals surface area (Å²) in [7, 11) is 0. The van der Waals surface area contributed by atoms with Crippen LogP contribution in [-0.2, 0) is 0 Å². The van der Waals surface area contributed by atoms with Gasteiger partial charge in [-0.15, -0.1) is 5.10 Å².